The van der Waals surface area contributed by atoms with E-state index in [-0.39, 0.29) is 29.5 Å². The summed E-state index contributed by atoms with van der Waals surface area (Å²) in [6, 6.07) is 4.19. The number of nitrogens with zero attached hydrogens (tertiary/aromatic N) is 3. The van der Waals surface area contributed by atoms with Gasteiger partial charge in [-0.15, -0.1) is 24.0 Å². The maximum Gasteiger partial charge on any atom is 0.193 e. The standard InChI is InChI=1S/C15H29N5.HI/c1-15(2,3)18-10-9-17-14(16-4)20(6)12-13-8-7-11-19(13)5;/h7-8,11,18H,9-10,12H2,1-6H3,(H,16,17);1H. The van der Waals surface area contributed by atoms with Gasteiger partial charge in [-0.1, -0.05) is 0 Å². The monoisotopic (exact) mass is 407 g/mol. The molecule has 6 heteroatoms. The molecule has 0 saturated carbocycles. The van der Waals surface area contributed by atoms with Crippen molar-refractivity contribution >= 4 is 29.9 Å². The molecule has 1 aromatic rings. The fourth-order valence-corrected chi connectivity index (χ4v) is 1.98. The minimum Gasteiger partial charge on any atom is -0.355 e. The maximum absolute atomic E-state index is 4.33. The SMILES string of the molecule is CN=C(NCCNC(C)(C)C)N(C)Cc1cccn1C.I. The molecule has 0 aliphatic carbocycles. The normalized spacial score (nSPS) is 12.0. The van der Waals surface area contributed by atoms with Crippen LogP contribution in [0.25, 0.3) is 0 Å². The molecule has 0 saturated heterocycles. The van der Waals surface area contributed by atoms with Crippen LogP contribution in [0.5, 0.6) is 0 Å². The maximum atomic E-state index is 4.33. The van der Waals surface area contributed by atoms with E-state index in [0.717, 1.165) is 25.6 Å². The second kappa shape index (κ2) is 9.30. The number of nitrogens with one attached hydrogen (secondary N) is 2. The molecule has 0 aliphatic rings. The molecule has 0 spiro atoms. The first kappa shape index (κ1) is 20.2. The number of guanidine groups is 1. The van der Waals surface area contributed by atoms with Gasteiger partial charge < -0.3 is 20.1 Å². The lowest BCUT2D eigenvalue weighted by molar-refractivity contribution is 0.420. The summed E-state index contributed by atoms with van der Waals surface area (Å²) in [7, 11) is 5.94. The topological polar surface area (TPSA) is 44.6 Å². The fourth-order valence-electron chi connectivity index (χ4n) is 1.98. The highest BCUT2D eigenvalue weighted by molar-refractivity contribution is 14.0. The lowest BCUT2D eigenvalue weighted by Gasteiger charge is -2.24. The van der Waals surface area contributed by atoms with Gasteiger partial charge in [-0.3, -0.25) is 4.99 Å². The van der Waals surface area contributed by atoms with E-state index >= 15 is 0 Å². The van der Waals surface area contributed by atoms with Crippen LogP contribution in [0.15, 0.2) is 23.3 Å². The van der Waals surface area contributed by atoms with Crippen LogP contribution in [0.1, 0.15) is 26.5 Å². The molecule has 0 aromatic carbocycles. The van der Waals surface area contributed by atoms with Crippen LogP contribution < -0.4 is 10.6 Å². The third kappa shape index (κ3) is 7.71. The number of hydrogen-bond donors (Lipinski definition) is 2. The summed E-state index contributed by atoms with van der Waals surface area (Å²) in [5, 5.41) is 6.83. The fraction of sp³-hybridized carbons (Fsp3) is 0.667. The van der Waals surface area contributed by atoms with E-state index in [1.165, 1.54) is 5.69 Å². The summed E-state index contributed by atoms with van der Waals surface area (Å²) in [4.78, 5) is 6.46. The van der Waals surface area contributed by atoms with Gasteiger partial charge in [0.05, 0.1) is 6.54 Å². The van der Waals surface area contributed by atoms with Gasteiger partial charge in [-0.25, -0.2) is 0 Å². The molecule has 2 N–H and O–H groups in total. The highest BCUT2D eigenvalue weighted by atomic mass is 127. The highest BCUT2D eigenvalue weighted by Gasteiger charge is 2.10. The average molecular weight is 407 g/mol. The Bertz CT molecular complexity index is 434. The van der Waals surface area contributed by atoms with E-state index in [2.05, 4.69) is 78.3 Å². The Hall–Kier alpha value is -0.760. The van der Waals surface area contributed by atoms with Crippen molar-refractivity contribution in [3.8, 4) is 0 Å². The van der Waals surface area contributed by atoms with Crippen LogP contribution >= 0.6 is 24.0 Å². The molecule has 0 bridgehead atoms. The van der Waals surface area contributed by atoms with Crippen LogP contribution in [-0.2, 0) is 13.6 Å². The molecule has 122 valence electrons. The molecule has 5 nitrogen and oxygen atoms in total. The second-order valence-corrected chi connectivity index (χ2v) is 6.12. The Balaban J connectivity index is 0.00000400. The molecule has 21 heavy (non-hydrogen) atoms. The third-order valence-corrected chi connectivity index (χ3v) is 3.09. The summed E-state index contributed by atoms with van der Waals surface area (Å²) >= 11 is 0. The summed E-state index contributed by atoms with van der Waals surface area (Å²) in [6.07, 6.45) is 2.06. The predicted molar refractivity (Wildman–Crippen MR) is 101 cm³/mol. The van der Waals surface area contributed by atoms with Crippen molar-refractivity contribution in [1.29, 1.82) is 0 Å². The molecule has 0 amide bonds. The van der Waals surface area contributed by atoms with Crippen LogP contribution in [0.3, 0.4) is 0 Å². The Morgan fingerprint density at radius 2 is 2.00 bits per heavy atom. The molecular formula is C15H30IN5. The summed E-state index contributed by atoms with van der Waals surface area (Å²) in [5.41, 5.74) is 1.42. The van der Waals surface area contributed by atoms with Crippen molar-refractivity contribution in [3.63, 3.8) is 0 Å². The number of aryl methyl sites for hydroxylation is 1. The number of rotatable bonds is 5. The van der Waals surface area contributed by atoms with E-state index in [9.17, 15) is 0 Å². The first-order chi connectivity index (χ1) is 9.33. The van der Waals surface area contributed by atoms with E-state index in [1.54, 1.807) is 0 Å². The molecule has 1 aromatic heterocycles. The molecule has 0 fully saturated rings. The number of aliphatic imine (C=N–C) groups is 1. The minimum absolute atomic E-state index is 0. The Morgan fingerprint density at radius 3 is 2.48 bits per heavy atom. The van der Waals surface area contributed by atoms with Gasteiger partial charge in [-0.2, -0.15) is 0 Å². The zero-order valence-corrected chi connectivity index (χ0v) is 16.4. The van der Waals surface area contributed by atoms with Gasteiger partial charge in [-0.05, 0) is 32.9 Å². The van der Waals surface area contributed by atoms with Crippen molar-refractivity contribution in [2.24, 2.45) is 12.0 Å². The van der Waals surface area contributed by atoms with Crippen molar-refractivity contribution in [3.05, 3.63) is 24.0 Å². The van der Waals surface area contributed by atoms with Crippen LogP contribution in [0.4, 0.5) is 0 Å². The third-order valence-electron chi connectivity index (χ3n) is 3.09. The molecular weight excluding hydrogens is 377 g/mol. The van der Waals surface area contributed by atoms with E-state index in [1.807, 2.05) is 7.05 Å². The highest BCUT2D eigenvalue weighted by Crippen LogP contribution is 2.03. The first-order valence-corrected chi connectivity index (χ1v) is 7.10. The van der Waals surface area contributed by atoms with E-state index < -0.39 is 0 Å². The van der Waals surface area contributed by atoms with Gasteiger partial charge in [0.1, 0.15) is 0 Å². The van der Waals surface area contributed by atoms with E-state index in [4.69, 9.17) is 0 Å². The molecule has 0 unspecified atom stereocenters. The van der Waals surface area contributed by atoms with Crippen molar-refractivity contribution < 1.29 is 0 Å². The quantitative estimate of drug-likeness (QED) is 0.340. The van der Waals surface area contributed by atoms with Crippen LogP contribution in [0, 0.1) is 0 Å². The van der Waals surface area contributed by atoms with Crippen molar-refractivity contribution in [2.75, 3.05) is 27.2 Å². The zero-order chi connectivity index (χ0) is 15.2. The van der Waals surface area contributed by atoms with Gasteiger partial charge in [0, 0.05) is 51.7 Å². The lowest BCUT2D eigenvalue weighted by Crippen LogP contribution is -2.44. The zero-order valence-electron chi connectivity index (χ0n) is 14.1. The molecule has 0 atom stereocenters. The average Bonchev–Trinajstić information content (AvgIpc) is 2.73. The number of hydrogen-bond acceptors (Lipinski definition) is 2. The predicted octanol–water partition coefficient (Wildman–Crippen LogP) is 2.04. The van der Waals surface area contributed by atoms with Gasteiger partial charge >= 0.3 is 0 Å². The Morgan fingerprint density at radius 1 is 1.33 bits per heavy atom. The molecule has 0 aliphatic heterocycles. The lowest BCUT2D eigenvalue weighted by atomic mass is 10.1. The van der Waals surface area contributed by atoms with Gasteiger partial charge in [0.25, 0.3) is 0 Å². The largest absolute Gasteiger partial charge is 0.355 e. The molecule has 1 rings (SSSR count). The summed E-state index contributed by atoms with van der Waals surface area (Å²) in [5.74, 6) is 0.918. The molecule has 0 radical (unpaired) electrons. The van der Waals surface area contributed by atoms with Gasteiger partial charge in [0.15, 0.2) is 5.96 Å². The Kier molecular flexibility index (Phi) is 8.96. The number of halogens is 1. The summed E-state index contributed by atoms with van der Waals surface area (Å²) < 4.78 is 2.13. The van der Waals surface area contributed by atoms with Crippen LogP contribution in [-0.4, -0.2) is 48.2 Å². The van der Waals surface area contributed by atoms with Gasteiger partial charge in [0.2, 0.25) is 0 Å². The Labute approximate surface area is 146 Å². The van der Waals surface area contributed by atoms with Crippen molar-refractivity contribution in [1.82, 2.24) is 20.1 Å². The minimum atomic E-state index is 0. The first-order valence-electron chi connectivity index (χ1n) is 7.10. The molecule has 1 heterocycles. The number of aromatic nitrogens is 1. The van der Waals surface area contributed by atoms with Crippen molar-refractivity contribution in [2.45, 2.75) is 32.9 Å². The van der Waals surface area contributed by atoms with Crippen LogP contribution in [0.2, 0.25) is 0 Å². The summed E-state index contributed by atoms with van der Waals surface area (Å²) in [6.45, 7) is 9.13. The van der Waals surface area contributed by atoms with E-state index in [0.29, 0.717) is 0 Å². The smallest absolute Gasteiger partial charge is 0.193 e. The second-order valence-electron chi connectivity index (χ2n) is 6.12.